The molecule has 6 rings (SSSR count). The molecular weight excluding hydrogens is 560 g/mol. The summed E-state index contributed by atoms with van der Waals surface area (Å²) >= 11 is 0. The Labute approximate surface area is 254 Å². The summed E-state index contributed by atoms with van der Waals surface area (Å²) in [6.07, 6.45) is 6.38. The van der Waals surface area contributed by atoms with E-state index in [1.165, 1.54) is 0 Å². The molecule has 5 aromatic rings. The number of likely N-dealkylation sites (tertiary alicyclic amines) is 1. The molecule has 0 bridgehead atoms. The minimum absolute atomic E-state index is 0.0441. The highest BCUT2D eigenvalue weighted by molar-refractivity contribution is 6.03. The fourth-order valence-corrected chi connectivity index (χ4v) is 5.25. The third-order valence-electron chi connectivity index (χ3n) is 7.66. The normalized spacial score (nSPS) is 14.5. The van der Waals surface area contributed by atoms with Crippen molar-refractivity contribution >= 4 is 34.6 Å². The second kappa shape index (κ2) is 12.5. The van der Waals surface area contributed by atoms with Crippen molar-refractivity contribution in [3.05, 3.63) is 84.3 Å². The molecule has 44 heavy (non-hydrogen) atoms. The zero-order chi connectivity index (χ0) is 30.6. The van der Waals surface area contributed by atoms with Crippen molar-refractivity contribution in [3.8, 4) is 17.2 Å². The van der Waals surface area contributed by atoms with Crippen molar-refractivity contribution in [1.29, 1.82) is 0 Å². The van der Waals surface area contributed by atoms with Crippen molar-refractivity contribution in [1.82, 2.24) is 29.2 Å². The van der Waals surface area contributed by atoms with Crippen molar-refractivity contribution < 1.29 is 19.1 Å². The molecule has 2 amide bonds. The smallest absolute Gasteiger partial charge is 0.257 e. The summed E-state index contributed by atoms with van der Waals surface area (Å²) in [5, 5.41) is 12.0. The number of fused-ring (bicyclic) bond motifs is 1. The first-order chi connectivity index (χ1) is 21.4. The van der Waals surface area contributed by atoms with Crippen LogP contribution in [0.4, 0.5) is 11.8 Å². The summed E-state index contributed by atoms with van der Waals surface area (Å²) in [5.74, 6) is 2.89. The first kappa shape index (κ1) is 28.7. The van der Waals surface area contributed by atoms with Gasteiger partial charge in [0.2, 0.25) is 11.9 Å². The van der Waals surface area contributed by atoms with Gasteiger partial charge in [0, 0.05) is 62.8 Å². The average molecular weight is 595 g/mol. The van der Waals surface area contributed by atoms with Crippen molar-refractivity contribution in [2.75, 3.05) is 30.8 Å². The van der Waals surface area contributed by atoms with Crippen LogP contribution < -0.4 is 20.1 Å². The summed E-state index contributed by atoms with van der Waals surface area (Å²) in [4.78, 5) is 35.7. The first-order valence-electron chi connectivity index (χ1n) is 14.5. The Bertz CT molecular complexity index is 1780. The minimum atomic E-state index is -0.268. The number of rotatable bonds is 10. The number of hydrogen-bond acceptors (Lipinski definition) is 8. The molecule has 0 spiro atoms. The number of pyridine rings is 1. The van der Waals surface area contributed by atoms with E-state index in [1.54, 1.807) is 60.6 Å². The quantitative estimate of drug-likeness (QED) is 0.238. The van der Waals surface area contributed by atoms with Gasteiger partial charge < -0.3 is 24.3 Å². The molecular formula is C32H34N8O4. The van der Waals surface area contributed by atoms with Gasteiger partial charge in [-0.15, -0.1) is 0 Å². The van der Waals surface area contributed by atoms with Crippen LogP contribution in [0.5, 0.6) is 17.2 Å². The standard InChI is InChI=1S/C32H34N8O4/c1-4-27(41)39-17-14-23(20-39)35-29-28-26(13-15-33-30(28)40(37-29)19-21-5-9-24(43-3)10-6-21)44-25-11-7-22(8-12-25)31(42)36-32-34-16-18-38(32)2/h5-13,15-16,18,23H,4,14,17,19-20H2,1-3H3,(H,35,37)(H,34,36,42). The Balaban J connectivity index is 1.28. The summed E-state index contributed by atoms with van der Waals surface area (Å²) < 4.78 is 15.3. The zero-order valence-corrected chi connectivity index (χ0v) is 24.9. The SMILES string of the molecule is CCC(=O)N1CCC(Nc2nn(Cc3ccc(OC)cc3)c3nccc(Oc4ccc(C(=O)Nc5nccn5C)cc4)c23)C1. The summed E-state index contributed by atoms with van der Waals surface area (Å²) in [5.41, 5.74) is 2.17. The van der Waals surface area contributed by atoms with Crippen LogP contribution in [0.15, 0.2) is 73.2 Å². The molecule has 1 aliphatic rings. The van der Waals surface area contributed by atoms with E-state index in [0.717, 1.165) is 23.1 Å². The number of nitrogens with zero attached hydrogens (tertiary/aromatic N) is 6. The van der Waals surface area contributed by atoms with Crippen molar-refractivity contribution in [3.63, 3.8) is 0 Å². The fourth-order valence-electron chi connectivity index (χ4n) is 5.25. The van der Waals surface area contributed by atoms with E-state index in [0.29, 0.717) is 60.5 Å². The maximum Gasteiger partial charge on any atom is 0.257 e. The van der Waals surface area contributed by atoms with Gasteiger partial charge in [-0.05, 0) is 48.4 Å². The van der Waals surface area contributed by atoms with Gasteiger partial charge in [0.05, 0.1) is 13.7 Å². The molecule has 4 heterocycles. The van der Waals surface area contributed by atoms with E-state index < -0.39 is 0 Å². The Morgan fingerprint density at radius 2 is 1.77 bits per heavy atom. The van der Waals surface area contributed by atoms with Crippen LogP contribution in [0.2, 0.25) is 0 Å². The van der Waals surface area contributed by atoms with E-state index in [9.17, 15) is 9.59 Å². The largest absolute Gasteiger partial charge is 0.497 e. The molecule has 3 aromatic heterocycles. The molecule has 0 aliphatic carbocycles. The van der Waals surface area contributed by atoms with Gasteiger partial charge in [-0.1, -0.05) is 19.1 Å². The van der Waals surface area contributed by atoms with Crippen molar-refractivity contribution in [2.45, 2.75) is 32.4 Å². The van der Waals surface area contributed by atoms with Gasteiger partial charge in [-0.3, -0.25) is 14.9 Å². The van der Waals surface area contributed by atoms with Gasteiger partial charge in [-0.2, -0.15) is 5.10 Å². The number of imidazole rings is 1. The highest BCUT2D eigenvalue weighted by atomic mass is 16.5. The summed E-state index contributed by atoms with van der Waals surface area (Å²) in [6, 6.07) is 16.6. The lowest BCUT2D eigenvalue weighted by molar-refractivity contribution is -0.129. The van der Waals surface area contributed by atoms with E-state index >= 15 is 0 Å². The number of methoxy groups -OCH3 is 1. The average Bonchev–Trinajstić information content (AvgIpc) is 3.77. The van der Waals surface area contributed by atoms with Crippen molar-refractivity contribution in [2.24, 2.45) is 7.05 Å². The number of carbonyl (C=O) groups is 2. The van der Waals surface area contributed by atoms with E-state index in [1.807, 2.05) is 47.8 Å². The highest BCUT2D eigenvalue weighted by Gasteiger charge is 2.27. The number of carbonyl (C=O) groups excluding carboxylic acids is 2. The third kappa shape index (κ3) is 6.05. The second-order valence-corrected chi connectivity index (χ2v) is 10.6. The topological polar surface area (TPSA) is 128 Å². The predicted octanol–water partition coefficient (Wildman–Crippen LogP) is 4.69. The van der Waals surface area contributed by atoms with Crippen LogP contribution in [0, 0.1) is 0 Å². The van der Waals surface area contributed by atoms with Gasteiger partial charge in [0.1, 0.15) is 22.6 Å². The lowest BCUT2D eigenvalue weighted by atomic mass is 10.2. The Morgan fingerprint density at radius 3 is 2.48 bits per heavy atom. The molecule has 1 unspecified atom stereocenters. The fraction of sp³-hybridized carbons (Fsp3) is 0.281. The van der Waals surface area contributed by atoms with Crippen LogP contribution in [0.1, 0.15) is 35.7 Å². The van der Waals surface area contributed by atoms with Crippen LogP contribution in [0.3, 0.4) is 0 Å². The van der Waals surface area contributed by atoms with Crippen LogP contribution >= 0.6 is 0 Å². The number of anilines is 2. The van der Waals surface area contributed by atoms with E-state index in [2.05, 4.69) is 20.6 Å². The Hall–Kier alpha value is -5.39. The predicted molar refractivity (Wildman–Crippen MR) is 166 cm³/mol. The summed E-state index contributed by atoms with van der Waals surface area (Å²) in [6.45, 7) is 3.68. The lowest BCUT2D eigenvalue weighted by Gasteiger charge is -2.16. The molecule has 2 N–H and O–H groups in total. The molecule has 226 valence electrons. The number of nitrogens with one attached hydrogen (secondary N) is 2. The maximum atomic E-state index is 12.7. The second-order valence-electron chi connectivity index (χ2n) is 10.6. The Kier molecular flexibility index (Phi) is 8.13. The van der Waals surface area contributed by atoms with Gasteiger partial charge in [0.15, 0.2) is 11.5 Å². The van der Waals surface area contributed by atoms with E-state index in [-0.39, 0.29) is 17.9 Å². The first-order valence-corrected chi connectivity index (χ1v) is 14.5. The molecule has 2 aromatic carbocycles. The minimum Gasteiger partial charge on any atom is -0.497 e. The van der Waals surface area contributed by atoms with Crippen LogP contribution in [-0.4, -0.2) is 67.3 Å². The molecule has 0 radical (unpaired) electrons. The lowest BCUT2D eigenvalue weighted by Crippen LogP contribution is -2.31. The number of ether oxygens (including phenoxy) is 2. The number of aryl methyl sites for hydroxylation is 1. The van der Waals surface area contributed by atoms with Crippen LogP contribution in [-0.2, 0) is 18.4 Å². The maximum absolute atomic E-state index is 12.7. The number of benzene rings is 2. The molecule has 0 saturated carbocycles. The number of hydrogen-bond donors (Lipinski definition) is 2. The number of amides is 2. The molecule has 1 fully saturated rings. The third-order valence-corrected chi connectivity index (χ3v) is 7.66. The van der Waals surface area contributed by atoms with Crippen LogP contribution in [0.25, 0.3) is 11.0 Å². The zero-order valence-electron chi connectivity index (χ0n) is 24.9. The van der Waals surface area contributed by atoms with Gasteiger partial charge in [-0.25, -0.2) is 14.6 Å². The summed E-state index contributed by atoms with van der Waals surface area (Å²) in [7, 11) is 3.45. The molecule has 12 heteroatoms. The number of aromatic nitrogens is 5. The molecule has 1 aliphatic heterocycles. The highest BCUT2D eigenvalue weighted by Crippen LogP contribution is 2.35. The molecule has 1 atom stereocenters. The molecule has 1 saturated heterocycles. The molecule has 12 nitrogen and oxygen atoms in total. The van der Waals surface area contributed by atoms with Gasteiger partial charge in [0.25, 0.3) is 5.91 Å². The van der Waals surface area contributed by atoms with E-state index in [4.69, 9.17) is 14.6 Å². The van der Waals surface area contributed by atoms with Gasteiger partial charge >= 0.3 is 0 Å². The monoisotopic (exact) mass is 594 g/mol. The Morgan fingerprint density at radius 1 is 1.00 bits per heavy atom.